The van der Waals surface area contributed by atoms with E-state index >= 15 is 0 Å². The molecule has 3 aromatic rings. The Balaban J connectivity index is 1.95. The van der Waals surface area contributed by atoms with E-state index in [1.165, 1.54) is 38.0 Å². The standard InChI is InChI=1S/C28H34N2O5S/c1-18-8-10-23(11-9-18)30(36(32,33)24-12-13-26(34-6)27(16-24)35-7)17-28(31)29-22(5)25-15-20(3)19(2)14-21(25)4/h8-16,22H,17H2,1-7H3,(H,29,31)/t22-/m0/s1. The lowest BCUT2D eigenvalue weighted by atomic mass is 9.96. The van der Waals surface area contributed by atoms with Crippen molar-refractivity contribution >= 4 is 21.6 Å². The second-order valence-electron chi connectivity index (χ2n) is 8.95. The summed E-state index contributed by atoms with van der Waals surface area (Å²) >= 11 is 0. The van der Waals surface area contributed by atoms with Gasteiger partial charge in [-0.25, -0.2) is 8.42 Å². The van der Waals surface area contributed by atoms with Gasteiger partial charge in [0.2, 0.25) is 5.91 Å². The Bertz CT molecular complexity index is 1350. The maximum absolute atomic E-state index is 13.8. The number of aryl methyl sites for hydroxylation is 4. The van der Waals surface area contributed by atoms with Gasteiger partial charge in [0.25, 0.3) is 10.0 Å². The van der Waals surface area contributed by atoms with E-state index < -0.39 is 15.9 Å². The SMILES string of the molecule is COc1ccc(S(=O)(=O)N(CC(=O)N[C@@H](C)c2cc(C)c(C)cc2C)c2ccc(C)cc2)cc1OC. The van der Waals surface area contributed by atoms with Crippen LogP contribution in [0, 0.1) is 27.7 Å². The van der Waals surface area contributed by atoms with Crippen molar-refractivity contribution in [1.82, 2.24) is 5.32 Å². The first kappa shape index (κ1) is 27.1. The normalized spacial score (nSPS) is 12.1. The number of rotatable bonds is 9. The van der Waals surface area contributed by atoms with Gasteiger partial charge in [0, 0.05) is 6.07 Å². The number of sulfonamides is 1. The third-order valence-electron chi connectivity index (χ3n) is 6.28. The first-order valence-corrected chi connectivity index (χ1v) is 13.1. The third kappa shape index (κ3) is 5.82. The van der Waals surface area contributed by atoms with Gasteiger partial charge in [0.1, 0.15) is 6.54 Å². The molecule has 3 aromatic carbocycles. The number of anilines is 1. The van der Waals surface area contributed by atoms with Gasteiger partial charge in [0.05, 0.1) is 30.8 Å². The lowest BCUT2D eigenvalue weighted by Crippen LogP contribution is -2.41. The molecule has 0 aliphatic heterocycles. The Labute approximate surface area is 214 Å². The highest BCUT2D eigenvalue weighted by atomic mass is 32.2. The smallest absolute Gasteiger partial charge is 0.264 e. The van der Waals surface area contributed by atoms with Crippen LogP contribution < -0.4 is 19.1 Å². The summed E-state index contributed by atoms with van der Waals surface area (Å²) in [5.74, 6) is 0.282. The van der Waals surface area contributed by atoms with Crippen molar-refractivity contribution in [1.29, 1.82) is 0 Å². The predicted octanol–water partition coefficient (Wildman–Crippen LogP) is 5.01. The molecular weight excluding hydrogens is 476 g/mol. The van der Waals surface area contributed by atoms with Gasteiger partial charge in [-0.15, -0.1) is 0 Å². The molecule has 0 radical (unpaired) electrons. The number of hydrogen-bond acceptors (Lipinski definition) is 5. The largest absolute Gasteiger partial charge is 0.493 e. The number of methoxy groups -OCH3 is 2. The van der Waals surface area contributed by atoms with Crippen molar-refractivity contribution in [3.8, 4) is 11.5 Å². The quantitative estimate of drug-likeness (QED) is 0.437. The van der Waals surface area contributed by atoms with Gasteiger partial charge in [-0.1, -0.05) is 29.8 Å². The zero-order valence-corrected chi connectivity index (χ0v) is 22.7. The van der Waals surface area contributed by atoms with E-state index in [4.69, 9.17) is 9.47 Å². The fourth-order valence-corrected chi connectivity index (χ4v) is 5.51. The molecule has 0 heterocycles. The average Bonchev–Trinajstić information content (AvgIpc) is 2.84. The van der Waals surface area contributed by atoms with Crippen LogP contribution in [-0.2, 0) is 14.8 Å². The van der Waals surface area contributed by atoms with E-state index in [-0.39, 0.29) is 23.2 Å². The van der Waals surface area contributed by atoms with Gasteiger partial charge in [0.15, 0.2) is 11.5 Å². The number of hydrogen-bond donors (Lipinski definition) is 1. The molecule has 0 aliphatic carbocycles. The number of benzene rings is 3. The molecule has 0 aliphatic rings. The molecule has 8 heteroatoms. The number of carbonyl (C=O) groups is 1. The lowest BCUT2D eigenvalue weighted by Gasteiger charge is -2.26. The van der Waals surface area contributed by atoms with E-state index in [1.807, 2.05) is 46.8 Å². The first-order valence-electron chi connectivity index (χ1n) is 11.7. The first-order chi connectivity index (χ1) is 17.0. The summed E-state index contributed by atoms with van der Waals surface area (Å²) in [5.41, 5.74) is 5.75. The van der Waals surface area contributed by atoms with Crippen molar-refractivity contribution < 1.29 is 22.7 Å². The molecule has 192 valence electrons. The fourth-order valence-electron chi connectivity index (χ4n) is 4.07. The van der Waals surface area contributed by atoms with Crippen molar-refractivity contribution in [2.75, 3.05) is 25.1 Å². The molecule has 0 fully saturated rings. The topological polar surface area (TPSA) is 84.9 Å². The lowest BCUT2D eigenvalue weighted by molar-refractivity contribution is -0.120. The van der Waals surface area contributed by atoms with Gasteiger partial charge in [-0.05, 0) is 81.1 Å². The molecule has 0 saturated carbocycles. The molecule has 0 saturated heterocycles. The second-order valence-corrected chi connectivity index (χ2v) is 10.8. The Morgan fingerprint density at radius 1 is 0.861 bits per heavy atom. The van der Waals surface area contributed by atoms with Crippen LogP contribution in [0.5, 0.6) is 11.5 Å². The summed E-state index contributed by atoms with van der Waals surface area (Å²) in [7, 11) is -1.18. The summed E-state index contributed by atoms with van der Waals surface area (Å²) in [6.07, 6.45) is 0. The minimum atomic E-state index is -4.10. The molecule has 1 amide bonds. The highest BCUT2D eigenvalue weighted by molar-refractivity contribution is 7.92. The predicted molar refractivity (Wildman–Crippen MR) is 142 cm³/mol. The van der Waals surface area contributed by atoms with E-state index in [0.717, 1.165) is 26.6 Å². The molecule has 1 atom stereocenters. The Kier molecular flexibility index (Phi) is 8.30. The van der Waals surface area contributed by atoms with Crippen LogP contribution in [0.4, 0.5) is 5.69 Å². The molecule has 1 N–H and O–H groups in total. The van der Waals surface area contributed by atoms with Crippen molar-refractivity contribution in [3.05, 3.63) is 82.4 Å². The van der Waals surface area contributed by atoms with Crippen molar-refractivity contribution in [2.45, 2.75) is 45.6 Å². The summed E-state index contributed by atoms with van der Waals surface area (Å²) in [6.45, 7) is 9.51. The molecule has 0 aromatic heterocycles. The Hall–Kier alpha value is -3.52. The highest BCUT2D eigenvalue weighted by Gasteiger charge is 2.29. The molecule has 0 bridgehead atoms. The molecule has 36 heavy (non-hydrogen) atoms. The maximum Gasteiger partial charge on any atom is 0.264 e. The Morgan fingerprint density at radius 3 is 2.08 bits per heavy atom. The van der Waals surface area contributed by atoms with Crippen molar-refractivity contribution in [2.24, 2.45) is 0 Å². The van der Waals surface area contributed by atoms with Gasteiger partial charge < -0.3 is 14.8 Å². The average molecular weight is 511 g/mol. The number of nitrogens with one attached hydrogen (secondary N) is 1. The zero-order chi connectivity index (χ0) is 26.6. The van der Waals surface area contributed by atoms with Gasteiger partial charge in [-0.3, -0.25) is 9.10 Å². The number of amides is 1. The van der Waals surface area contributed by atoms with Crippen LogP contribution in [0.15, 0.2) is 59.5 Å². The molecule has 0 unspecified atom stereocenters. The maximum atomic E-state index is 13.8. The van der Waals surface area contributed by atoms with Crippen LogP contribution in [0.1, 0.15) is 40.8 Å². The highest BCUT2D eigenvalue weighted by Crippen LogP contribution is 2.32. The third-order valence-corrected chi connectivity index (χ3v) is 8.05. The van der Waals surface area contributed by atoms with E-state index in [0.29, 0.717) is 11.4 Å². The number of nitrogens with zero attached hydrogens (tertiary/aromatic N) is 1. The van der Waals surface area contributed by atoms with E-state index in [1.54, 1.807) is 12.1 Å². The van der Waals surface area contributed by atoms with Crippen LogP contribution >= 0.6 is 0 Å². The van der Waals surface area contributed by atoms with Crippen LogP contribution in [0.2, 0.25) is 0 Å². The fraction of sp³-hybridized carbons (Fsp3) is 0.321. The summed E-state index contributed by atoms with van der Waals surface area (Å²) < 4.78 is 39.2. The van der Waals surface area contributed by atoms with Crippen LogP contribution in [0.3, 0.4) is 0 Å². The molecular formula is C28H34N2O5S. The van der Waals surface area contributed by atoms with Gasteiger partial charge in [-0.2, -0.15) is 0 Å². The monoisotopic (exact) mass is 510 g/mol. The van der Waals surface area contributed by atoms with E-state index in [2.05, 4.69) is 17.4 Å². The summed E-state index contributed by atoms with van der Waals surface area (Å²) in [6, 6.07) is 15.2. The zero-order valence-electron chi connectivity index (χ0n) is 21.9. The minimum Gasteiger partial charge on any atom is -0.493 e. The number of carbonyl (C=O) groups excluding carboxylic acids is 1. The Morgan fingerprint density at radius 2 is 1.47 bits per heavy atom. The number of ether oxygens (including phenoxy) is 2. The van der Waals surface area contributed by atoms with E-state index in [9.17, 15) is 13.2 Å². The van der Waals surface area contributed by atoms with Crippen LogP contribution in [-0.4, -0.2) is 35.1 Å². The van der Waals surface area contributed by atoms with Gasteiger partial charge >= 0.3 is 0 Å². The molecule has 3 rings (SSSR count). The summed E-state index contributed by atoms with van der Waals surface area (Å²) in [5, 5.41) is 2.97. The molecule has 7 nitrogen and oxygen atoms in total. The van der Waals surface area contributed by atoms with Crippen molar-refractivity contribution in [3.63, 3.8) is 0 Å². The second kappa shape index (κ2) is 11.0. The molecule has 0 spiro atoms. The minimum absolute atomic E-state index is 0.00780. The summed E-state index contributed by atoms with van der Waals surface area (Å²) in [4.78, 5) is 13.2. The van der Waals surface area contributed by atoms with Crippen LogP contribution in [0.25, 0.3) is 0 Å².